The molecule has 0 aliphatic heterocycles. The molecule has 0 N–H and O–H groups in total. The molecule has 4 aromatic rings. The van der Waals surface area contributed by atoms with Crippen molar-refractivity contribution in [2.45, 2.75) is 30.1 Å². The van der Waals surface area contributed by atoms with E-state index in [2.05, 4.69) is 37.7 Å². The van der Waals surface area contributed by atoms with E-state index in [-0.39, 0.29) is 6.01 Å². The molecule has 5 nitrogen and oxygen atoms in total. The quantitative estimate of drug-likeness (QED) is 0.161. The van der Waals surface area contributed by atoms with E-state index >= 15 is 0 Å². The summed E-state index contributed by atoms with van der Waals surface area (Å²) in [5.41, 5.74) is 0. The molecule has 0 aromatic carbocycles. The highest BCUT2D eigenvalue weighted by atomic mass is 35.5. The Bertz CT molecular complexity index is 1210. The monoisotopic (exact) mass is 524 g/mol. The zero-order valence-corrected chi connectivity index (χ0v) is 20.7. The van der Waals surface area contributed by atoms with Crippen molar-refractivity contribution in [3.63, 3.8) is 0 Å². The van der Waals surface area contributed by atoms with Crippen LogP contribution in [0.3, 0.4) is 0 Å². The number of hydrogen-bond donors (Lipinski definition) is 0. The molecule has 0 fully saturated rings. The van der Waals surface area contributed by atoms with E-state index in [4.69, 9.17) is 11.6 Å². The Morgan fingerprint density at radius 1 is 0.903 bits per heavy atom. The van der Waals surface area contributed by atoms with Crippen LogP contribution in [-0.2, 0) is 0 Å². The third kappa shape index (κ3) is 6.35. The van der Waals surface area contributed by atoms with Crippen LogP contribution in [0.4, 0.5) is 13.2 Å². The third-order valence-corrected chi connectivity index (χ3v) is 7.12. The summed E-state index contributed by atoms with van der Waals surface area (Å²) in [5, 5.41) is 3.88. The average Bonchev–Trinajstić information content (AvgIpc) is 3.25. The van der Waals surface area contributed by atoms with E-state index in [9.17, 15) is 13.2 Å². The van der Waals surface area contributed by atoms with Gasteiger partial charge < -0.3 is 4.74 Å². The van der Waals surface area contributed by atoms with Gasteiger partial charge >= 0.3 is 12.2 Å². The van der Waals surface area contributed by atoms with Gasteiger partial charge in [0, 0.05) is 20.5 Å². The number of alkyl halides is 3. The van der Waals surface area contributed by atoms with Crippen molar-refractivity contribution in [2.75, 3.05) is 19.1 Å². The fraction of sp³-hybridized carbons (Fsp3) is 0.333. The minimum absolute atomic E-state index is 0.231. The van der Waals surface area contributed by atoms with Crippen LogP contribution >= 0.6 is 57.8 Å². The Balaban J connectivity index is 0.000000185. The number of thiophene rings is 2. The van der Waals surface area contributed by atoms with Gasteiger partial charge in [-0.15, -0.1) is 46.2 Å². The lowest BCUT2D eigenvalue weighted by atomic mass is 10.4. The highest BCUT2D eigenvalue weighted by Crippen LogP contribution is 2.32. The normalized spacial score (nSPS) is 11.6. The number of halogens is 4. The smallest absolute Gasteiger partial charge is 0.422 e. The molecule has 4 rings (SSSR count). The van der Waals surface area contributed by atoms with Gasteiger partial charge in [0.2, 0.25) is 5.28 Å². The second kappa shape index (κ2) is 10.1. The first kappa shape index (κ1) is 24.3. The Hall–Kier alpha value is -1.34. The maximum absolute atomic E-state index is 12.1. The molecule has 0 aliphatic rings. The van der Waals surface area contributed by atoms with Crippen molar-refractivity contribution >= 4 is 78.2 Å². The number of rotatable bonds is 4. The van der Waals surface area contributed by atoms with Crippen molar-refractivity contribution in [3.05, 3.63) is 27.2 Å². The SMILES string of the molecule is CSc1nc(Cl)nc2sc(C)cc12.CSc1nc(OCC(F)(F)F)nc2sc(C)cc12. The van der Waals surface area contributed by atoms with Gasteiger partial charge in [-0.25, -0.2) is 9.97 Å². The zero-order valence-electron chi connectivity index (χ0n) is 16.7. The standard InChI is InChI=1S/C10H9F3N2OS2.C8H7ClN2S2/c1-5-3-6-7(17-2)14-9(15-8(6)18-5)16-4-10(11,12)13;1-4-3-5-6(12-2)10-8(9)11-7(5)13-4/h3H,4H2,1-2H3;3H,1-2H3. The van der Waals surface area contributed by atoms with Crippen molar-refractivity contribution in [1.82, 2.24) is 19.9 Å². The molecule has 0 bridgehead atoms. The van der Waals surface area contributed by atoms with E-state index in [1.54, 1.807) is 23.1 Å². The van der Waals surface area contributed by atoms with Gasteiger partial charge in [0.25, 0.3) is 0 Å². The van der Waals surface area contributed by atoms with Gasteiger partial charge in [-0.3, -0.25) is 0 Å². The second-order valence-electron chi connectivity index (χ2n) is 6.07. The van der Waals surface area contributed by atoms with Gasteiger partial charge in [0.1, 0.15) is 19.7 Å². The summed E-state index contributed by atoms with van der Waals surface area (Å²) < 4.78 is 40.8. The van der Waals surface area contributed by atoms with Gasteiger partial charge in [-0.2, -0.15) is 23.1 Å². The van der Waals surface area contributed by atoms with E-state index in [1.807, 2.05) is 25.5 Å². The summed E-state index contributed by atoms with van der Waals surface area (Å²) in [6.07, 6.45) is -0.587. The molecule has 0 atom stereocenters. The average molecular weight is 525 g/mol. The van der Waals surface area contributed by atoms with Gasteiger partial charge in [-0.1, -0.05) is 0 Å². The van der Waals surface area contributed by atoms with Crippen molar-refractivity contribution in [3.8, 4) is 6.01 Å². The third-order valence-electron chi connectivity index (χ3n) is 3.67. The lowest BCUT2D eigenvalue weighted by Crippen LogP contribution is -2.20. The Labute approximate surface area is 197 Å². The number of ether oxygens (including phenoxy) is 1. The molecule has 13 heteroatoms. The van der Waals surface area contributed by atoms with Crippen molar-refractivity contribution < 1.29 is 17.9 Å². The maximum Gasteiger partial charge on any atom is 0.422 e. The first-order chi connectivity index (χ1) is 14.6. The first-order valence-corrected chi connectivity index (χ1v) is 13.0. The predicted octanol–water partition coefficient (Wildman–Crippen LogP) is 7.04. The highest BCUT2D eigenvalue weighted by molar-refractivity contribution is 7.99. The van der Waals surface area contributed by atoms with E-state index in [1.165, 1.54) is 28.0 Å². The Kier molecular flexibility index (Phi) is 7.90. The lowest BCUT2D eigenvalue weighted by molar-refractivity contribution is -0.154. The molecule has 31 heavy (non-hydrogen) atoms. The predicted molar refractivity (Wildman–Crippen MR) is 124 cm³/mol. The van der Waals surface area contributed by atoms with Gasteiger partial charge in [0.15, 0.2) is 6.61 Å². The summed E-state index contributed by atoms with van der Waals surface area (Å²) >= 11 is 11.8. The van der Waals surface area contributed by atoms with Crippen LogP contribution in [0.5, 0.6) is 6.01 Å². The molecule has 4 aromatic heterocycles. The van der Waals surface area contributed by atoms with Gasteiger partial charge in [0.05, 0.1) is 0 Å². The zero-order chi connectivity index (χ0) is 22.8. The fourth-order valence-corrected chi connectivity index (χ4v) is 5.76. The molecular weight excluding hydrogens is 509 g/mol. The topological polar surface area (TPSA) is 60.8 Å². The second-order valence-corrected chi connectivity index (χ2v) is 10.5. The first-order valence-electron chi connectivity index (χ1n) is 8.59. The summed E-state index contributed by atoms with van der Waals surface area (Å²) in [6.45, 7) is 2.59. The van der Waals surface area contributed by atoms with Crippen LogP contribution in [-0.4, -0.2) is 45.2 Å². The molecule has 4 heterocycles. The number of fused-ring (bicyclic) bond motifs is 2. The largest absolute Gasteiger partial charge is 0.454 e. The minimum Gasteiger partial charge on any atom is -0.454 e. The number of nitrogens with zero attached hydrogens (tertiary/aromatic N) is 4. The van der Waals surface area contributed by atoms with Crippen LogP contribution in [0.2, 0.25) is 5.28 Å². The fourth-order valence-electron chi connectivity index (χ4n) is 2.51. The van der Waals surface area contributed by atoms with Crippen molar-refractivity contribution in [1.29, 1.82) is 0 Å². The molecule has 166 valence electrons. The highest BCUT2D eigenvalue weighted by Gasteiger charge is 2.29. The molecular formula is C18H16ClF3N4OS4. The van der Waals surface area contributed by atoms with E-state index in [0.717, 1.165) is 25.5 Å². The van der Waals surface area contributed by atoms with Gasteiger partial charge in [-0.05, 0) is 50.1 Å². The Morgan fingerprint density at radius 2 is 1.42 bits per heavy atom. The molecule has 0 saturated carbocycles. The number of hydrogen-bond acceptors (Lipinski definition) is 9. The lowest BCUT2D eigenvalue weighted by Gasteiger charge is -2.08. The molecule has 0 radical (unpaired) electrons. The maximum atomic E-state index is 12.1. The summed E-state index contributed by atoms with van der Waals surface area (Å²) in [7, 11) is 0. The summed E-state index contributed by atoms with van der Waals surface area (Å²) in [6, 6.07) is 3.78. The number of aromatic nitrogens is 4. The number of aryl methyl sites for hydroxylation is 2. The number of thioether (sulfide) groups is 2. The summed E-state index contributed by atoms with van der Waals surface area (Å²) in [5.74, 6) is 0. The molecule has 0 aliphatic carbocycles. The van der Waals surface area contributed by atoms with Crippen molar-refractivity contribution in [2.24, 2.45) is 0 Å². The molecule has 0 saturated heterocycles. The van der Waals surface area contributed by atoms with E-state index in [0.29, 0.717) is 15.1 Å². The van der Waals surface area contributed by atoms with Crippen LogP contribution in [0, 0.1) is 13.8 Å². The van der Waals surface area contributed by atoms with Crippen LogP contribution in [0.1, 0.15) is 9.75 Å². The Morgan fingerprint density at radius 3 is 1.94 bits per heavy atom. The van der Waals surface area contributed by atoms with Crippen LogP contribution in [0.25, 0.3) is 20.4 Å². The summed E-state index contributed by atoms with van der Waals surface area (Å²) in [4.78, 5) is 20.2. The molecule has 0 unspecified atom stereocenters. The van der Waals surface area contributed by atoms with Crippen LogP contribution < -0.4 is 4.74 Å². The van der Waals surface area contributed by atoms with E-state index < -0.39 is 12.8 Å². The minimum atomic E-state index is -4.39. The van der Waals surface area contributed by atoms with Crippen LogP contribution in [0.15, 0.2) is 22.2 Å². The molecule has 0 amide bonds. The molecule has 0 spiro atoms.